The smallest absolute Gasteiger partial charge is 0.263 e. The van der Waals surface area contributed by atoms with Gasteiger partial charge in [-0.05, 0) is 69.3 Å². The van der Waals surface area contributed by atoms with Crippen LogP contribution in [0.5, 0.6) is 5.75 Å². The van der Waals surface area contributed by atoms with Crippen LogP contribution in [-0.2, 0) is 13.1 Å². The highest BCUT2D eigenvalue weighted by Gasteiger charge is 2.35. The Hall–Kier alpha value is -2.60. The minimum atomic E-state index is -0.170. The molecule has 30 heavy (non-hydrogen) atoms. The van der Waals surface area contributed by atoms with E-state index < -0.39 is 0 Å². The molecule has 0 radical (unpaired) electrons. The second-order valence-corrected chi connectivity index (χ2v) is 8.52. The highest BCUT2D eigenvalue weighted by molar-refractivity contribution is 5.95. The first-order valence-corrected chi connectivity index (χ1v) is 10.9. The number of hydrogen-bond acceptors (Lipinski definition) is 4. The van der Waals surface area contributed by atoms with Crippen molar-refractivity contribution in [3.8, 4) is 5.75 Å². The number of pyridine rings is 1. The summed E-state index contributed by atoms with van der Waals surface area (Å²) in [5.41, 5.74) is 1.84. The van der Waals surface area contributed by atoms with Gasteiger partial charge in [-0.25, -0.2) is 0 Å². The highest BCUT2D eigenvalue weighted by Crippen LogP contribution is 2.31. The number of rotatable bonds is 7. The van der Waals surface area contributed by atoms with Crippen molar-refractivity contribution in [3.63, 3.8) is 0 Å². The molecule has 2 fully saturated rings. The third-order valence-corrected chi connectivity index (χ3v) is 6.22. The Labute approximate surface area is 177 Å². The van der Waals surface area contributed by atoms with Crippen molar-refractivity contribution >= 4 is 5.91 Å². The molecule has 1 N–H and O–H groups in total. The third kappa shape index (κ3) is 4.43. The first kappa shape index (κ1) is 20.7. The summed E-state index contributed by atoms with van der Waals surface area (Å²) in [6.07, 6.45) is 6.04. The van der Waals surface area contributed by atoms with Gasteiger partial charge >= 0.3 is 0 Å². The molecule has 1 aromatic heterocycles. The number of hydrogen-bond donors (Lipinski definition) is 1. The van der Waals surface area contributed by atoms with E-state index in [2.05, 4.69) is 5.32 Å². The Morgan fingerprint density at radius 1 is 1.23 bits per heavy atom. The van der Waals surface area contributed by atoms with Gasteiger partial charge in [0.2, 0.25) is 0 Å². The number of aryl methyl sites for hydroxylation is 1. The highest BCUT2D eigenvalue weighted by atomic mass is 16.5. The third-order valence-electron chi connectivity index (χ3n) is 6.22. The van der Waals surface area contributed by atoms with Gasteiger partial charge in [-0.1, -0.05) is 18.2 Å². The van der Waals surface area contributed by atoms with E-state index in [9.17, 15) is 9.59 Å². The van der Waals surface area contributed by atoms with Gasteiger partial charge in [-0.2, -0.15) is 0 Å². The molecule has 1 aliphatic carbocycles. The van der Waals surface area contributed by atoms with Crippen LogP contribution in [0.3, 0.4) is 0 Å². The van der Waals surface area contributed by atoms with Crippen LogP contribution in [-0.4, -0.2) is 41.6 Å². The predicted octanol–water partition coefficient (Wildman–Crippen LogP) is 2.97. The summed E-state index contributed by atoms with van der Waals surface area (Å²) in [6.45, 7) is 4.93. The number of aromatic nitrogens is 1. The molecule has 6 nitrogen and oxygen atoms in total. The van der Waals surface area contributed by atoms with Crippen molar-refractivity contribution in [1.82, 2.24) is 14.8 Å². The number of benzene rings is 1. The SMILES string of the molecule is COc1ccccc1CN(C(=O)c1c(C)ccn(CC2CCCNC2)c1=O)C1CC1. The van der Waals surface area contributed by atoms with E-state index in [-0.39, 0.29) is 17.5 Å². The Bertz CT molecular complexity index is 958. The molecular weight excluding hydrogens is 378 g/mol. The van der Waals surface area contributed by atoms with Crippen LogP contribution in [0.15, 0.2) is 41.3 Å². The molecule has 1 amide bonds. The Balaban J connectivity index is 1.61. The van der Waals surface area contributed by atoms with E-state index in [4.69, 9.17) is 4.74 Å². The van der Waals surface area contributed by atoms with Gasteiger partial charge in [-0.15, -0.1) is 0 Å². The van der Waals surface area contributed by atoms with Crippen LogP contribution in [0.4, 0.5) is 0 Å². The molecule has 4 rings (SSSR count). The maximum absolute atomic E-state index is 13.6. The van der Waals surface area contributed by atoms with Crippen LogP contribution >= 0.6 is 0 Å². The Kier molecular flexibility index (Phi) is 6.23. The number of nitrogens with one attached hydrogen (secondary N) is 1. The molecular formula is C24H31N3O3. The fraction of sp³-hybridized carbons (Fsp3) is 0.500. The summed E-state index contributed by atoms with van der Waals surface area (Å²) in [6, 6.07) is 9.85. The second-order valence-electron chi connectivity index (χ2n) is 8.52. The first-order chi connectivity index (χ1) is 14.6. The molecule has 2 heterocycles. The topological polar surface area (TPSA) is 63.6 Å². The maximum Gasteiger partial charge on any atom is 0.263 e. The lowest BCUT2D eigenvalue weighted by molar-refractivity contribution is 0.0725. The van der Waals surface area contributed by atoms with Crippen LogP contribution < -0.4 is 15.6 Å². The lowest BCUT2D eigenvalue weighted by Crippen LogP contribution is -2.40. The van der Waals surface area contributed by atoms with Crippen molar-refractivity contribution in [2.75, 3.05) is 20.2 Å². The minimum Gasteiger partial charge on any atom is -0.496 e. The molecule has 1 aromatic carbocycles. The average Bonchev–Trinajstić information content (AvgIpc) is 3.60. The molecule has 2 aliphatic rings. The number of para-hydroxylation sites is 1. The Morgan fingerprint density at radius 2 is 2.03 bits per heavy atom. The molecule has 1 saturated heterocycles. The standard InChI is InChI=1S/C24H31N3O3/c1-17-11-13-26(15-18-6-5-12-25-14-18)23(28)22(17)24(29)27(20-9-10-20)16-19-7-3-4-8-21(19)30-2/h3-4,7-8,11,13,18,20,25H,5-6,9-10,12,14-16H2,1-2H3. The maximum atomic E-state index is 13.6. The van der Waals surface area contributed by atoms with Gasteiger partial charge in [0.05, 0.1) is 7.11 Å². The summed E-state index contributed by atoms with van der Waals surface area (Å²) in [4.78, 5) is 28.7. The number of amides is 1. The number of carbonyl (C=O) groups excluding carboxylic acids is 1. The van der Waals surface area contributed by atoms with Crippen molar-refractivity contribution in [2.24, 2.45) is 5.92 Å². The van der Waals surface area contributed by atoms with E-state index in [1.807, 2.05) is 48.4 Å². The summed E-state index contributed by atoms with van der Waals surface area (Å²) in [5.74, 6) is 1.03. The fourth-order valence-corrected chi connectivity index (χ4v) is 4.34. The molecule has 0 bridgehead atoms. The molecule has 1 unspecified atom stereocenters. The van der Waals surface area contributed by atoms with Gasteiger partial charge in [-0.3, -0.25) is 9.59 Å². The first-order valence-electron chi connectivity index (χ1n) is 10.9. The molecule has 160 valence electrons. The van der Waals surface area contributed by atoms with Gasteiger partial charge in [0.1, 0.15) is 11.3 Å². The number of carbonyl (C=O) groups is 1. The van der Waals surface area contributed by atoms with Crippen LogP contribution in [0.1, 0.15) is 47.2 Å². The summed E-state index contributed by atoms with van der Waals surface area (Å²) >= 11 is 0. The second kappa shape index (κ2) is 9.04. The zero-order valence-electron chi connectivity index (χ0n) is 17.9. The van der Waals surface area contributed by atoms with Crippen LogP contribution in [0, 0.1) is 12.8 Å². The van der Waals surface area contributed by atoms with Gasteiger partial charge in [0.15, 0.2) is 0 Å². The lowest BCUT2D eigenvalue weighted by Gasteiger charge is -2.26. The quantitative estimate of drug-likeness (QED) is 0.764. The zero-order valence-corrected chi connectivity index (χ0v) is 17.9. The molecule has 6 heteroatoms. The van der Waals surface area contributed by atoms with Gasteiger partial charge in [0, 0.05) is 30.9 Å². The van der Waals surface area contributed by atoms with Crippen molar-refractivity contribution in [1.29, 1.82) is 0 Å². The molecule has 2 aromatic rings. The van der Waals surface area contributed by atoms with Crippen LogP contribution in [0.2, 0.25) is 0 Å². The number of nitrogens with zero attached hydrogens (tertiary/aromatic N) is 2. The molecule has 1 saturated carbocycles. The van der Waals surface area contributed by atoms with Crippen molar-refractivity contribution in [2.45, 2.75) is 51.7 Å². The molecule has 1 aliphatic heterocycles. The predicted molar refractivity (Wildman–Crippen MR) is 117 cm³/mol. The summed E-state index contributed by atoms with van der Waals surface area (Å²) in [5, 5.41) is 3.40. The van der Waals surface area contributed by atoms with E-state index >= 15 is 0 Å². The van der Waals surface area contributed by atoms with Gasteiger partial charge < -0.3 is 19.5 Å². The molecule has 0 spiro atoms. The number of methoxy groups -OCH3 is 1. The van der Waals surface area contributed by atoms with E-state index in [1.165, 1.54) is 0 Å². The number of ether oxygens (including phenoxy) is 1. The van der Waals surface area contributed by atoms with Crippen molar-refractivity contribution < 1.29 is 9.53 Å². The summed E-state index contributed by atoms with van der Waals surface area (Å²) in [7, 11) is 1.64. The number of piperidine rings is 1. The average molecular weight is 410 g/mol. The van der Waals surface area contributed by atoms with E-state index in [0.717, 1.165) is 55.6 Å². The zero-order chi connectivity index (χ0) is 21.1. The fourth-order valence-electron chi connectivity index (χ4n) is 4.34. The monoisotopic (exact) mass is 409 g/mol. The van der Waals surface area contributed by atoms with E-state index in [0.29, 0.717) is 24.6 Å². The van der Waals surface area contributed by atoms with Gasteiger partial charge in [0.25, 0.3) is 11.5 Å². The van der Waals surface area contributed by atoms with Crippen LogP contribution in [0.25, 0.3) is 0 Å². The lowest BCUT2D eigenvalue weighted by atomic mass is 9.99. The molecule has 1 atom stereocenters. The van der Waals surface area contributed by atoms with Crippen molar-refractivity contribution in [3.05, 3.63) is 63.6 Å². The summed E-state index contributed by atoms with van der Waals surface area (Å²) < 4.78 is 7.20. The normalized spacial score (nSPS) is 18.8. The Morgan fingerprint density at radius 3 is 2.73 bits per heavy atom. The largest absolute Gasteiger partial charge is 0.496 e. The minimum absolute atomic E-state index is 0.165. The van der Waals surface area contributed by atoms with E-state index in [1.54, 1.807) is 11.7 Å².